The van der Waals surface area contributed by atoms with Gasteiger partial charge in [0.15, 0.2) is 5.82 Å². The average Bonchev–Trinajstić information content (AvgIpc) is 3.16. The number of carbonyl (C=O) groups is 1. The van der Waals surface area contributed by atoms with Gasteiger partial charge in [0.05, 0.1) is 5.52 Å². The fourth-order valence-electron chi connectivity index (χ4n) is 2.69. The molecule has 0 unspecified atom stereocenters. The predicted molar refractivity (Wildman–Crippen MR) is 99.7 cm³/mol. The Kier molecular flexibility index (Phi) is 4.00. The van der Waals surface area contributed by atoms with Crippen molar-refractivity contribution in [1.82, 2.24) is 24.8 Å². The van der Waals surface area contributed by atoms with Gasteiger partial charge in [-0.05, 0) is 37.4 Å². The molecule has 0 saturated carbocycles. The quantitative estimate of drug-likeness (QED) is 0.575. The Balaban J connectivity index is 1.44. The topological polar surface area (TPSA) is 105 Å². The molecule has 1 aromatic carbocycles. The van der Waals surface area contributed by atoms with E-state index < -0.39 is 0 Å². The second-order valence-corrected chi connectivity index (χ2v) is 7.11. The van der Waals surface area contributed by atoms with Gasteiger partial charge in [0.2, 0.25) is 10.9 Å². The van der Waals surface area contributed by atoms with E-state index >= 15 is 0 Å². The van der Waals surface area contributed by atoms with Crippen LogP contribution in [0.25, 0.3) is 15.9 Å². The number of hydrogen-bond donors (Lipinski definition) is 2. The molecule has 132 valence electrons. The molecule has 3 aromatic heterocycles. The Morgan fingerprint density at radius 3 is 2.92 bits per heavy atom. The molecule has 0 radical (unpaired) electrons. The van der Waals surface area contributed by atoms with Gasteiger partial charge < -0.3 is 10.3 Å². The molecule has 1 amide bonds. The van der Waals surface area contributed by atoms with Crippen LogP contribution in [0.1, 0.15) is 22.8 Å². The fraction of sp³-hybridized carbons (Fsp3) is 0.235. The number of rotatable bonds is 4. The van der Waals surface area contributed by atoms with Crippen LogP contribution in [0, 0.1) is 13.8 Å². The molecule has 8 nitrogen and oxygen atoms in total. The summed E-state index contributed by atoms with van der Waals surface area (Å²) in [5, 5.41) is 17.0. The minimum atomic E-state index is -0.125. The molecule has 4 aromatic rings. The van der Waals surface area contributed by atoms with Crippen molar-refractivity contribution in [1.29, 1.82) is 0 Å². The molecule has 0 aliphatic carbocycles. The highest BCUT2D eigenvalue weighted by Crippen LogP contribution is 2.18. The molecule has 4 rings (SSSR count). The summed E-state index contributed by atoms with van der Waals surface area (Å²) in [6, 6.07) is 7.29. The zero-order valence-electron chi connectivity index (χ0n) is 14.2. The van der Waals surface area contributed by atoms with Gasteiger partial charge in [-0.25, -0.2) is 0 Å². The number of fused-ring (bicyclic) bond motifs is 2. The van der Waals surface area contributed by atoms with E-state index in [1.165, 1.54) is 11.3 Å². The number of aryl methyl sites for hydroxylation is 3. The Morgan fingerprint density at radius 2 is 2.12 bits per heavy atom. The third kappa shape index (κ3) is 3.08. The maximum absolute atomic E-state index is 12.2. The molecular formula is C17H16N6O2S. The number of aromatic nitrogens is 5. The Bertz CT molecular complexity index is 1190. The summed E-state index contributed by atoms with van der Waals surface area (Å²) in [6.45, 7) is 3.60. The van der Waals surface area contributed by atoms with Gasteiger partial charge in [-0.1, -0.05) is 17.4 Å². The van der Waals surface area contributed by atoms with Crippen molar-refractivity contribution >= 4 is 38.8 Å². The lowest BCUT2D eigenvalue weighted by molar-refractivity contribution is -0.116. The summed E-state index contributed by atoms with van der Waals surface area (Å²) in [6.07, 6.45) is 0.842. The molecule has 0 atom stereocenters. The largest absolute Gasteiger partial charge is 0.326 e. The normalized spacial score (nSPS) is 11.3. The average molecular weight is 368 g/mol. The van der Waals surface area contributed by atoms with Crippen molar-refractivity contribution < 1.29 is 4.79 Å². The SMILES string of the molecule is Cc1cc2ccc(NC(=O)CCc3nn4c(C)nnc4s3)cc2[nH]c1=O. The number of hydrogen-bond acceptors (Lipinski definition) is 6. The predicted octanol–water partition coefficient (Wildman–Crippen LogP) is 2.22. The van der Waals surface area contributed by atoms with Crippen LogP contribution in [0.4, 0.5) is 5.69 Å². The van der Waals surface area contributed by atoms with Gasteiger partial charge in [-0.3, -0.25) is 9.59 Å². The zero-order chi connectivity index (χ0) is 18.3. The summed E-state index contributed by atoms with van der Waals surface area (Å²) in [5.74, 6) is 0.619. The van der Waals surface area contributed by atoms with E-state index in [1.807, 2.05) is 25.1 Å². The molecule has 0 bridgehead atoms. The number of benzene rings is 1. The first kappa shape index (κ1) is 16.4. The first-order chi connectivity index (χ1) is 12.5. The molecule has 0 aliphatic heterocycles. The van der Waals surface area contributed by atoms with Crippen LogP contribution in [-0.4, -0.2) is 30.7 Å². The molecule has 3 heterocycles. The van der Waals surface area contributed by atoms with Crippen LogP contribution in [0.5, 0.6) is 0 Å². The molecule has 9 heteroatoms. The molecule has 2 N–H and O–H groups in total. The second kappa shape index (κ2) is 6.34. The van der Waals surface area contributed by atoms with Crippen LogP contribution < -0.4 is 10.9 Å². The lowest BCUT2D eigenvalue weighted by atomic mass is 10.1. The number of anilines is 1. The lowest BCUT2D eigenvalue weighted by Crippen LogP contribution is -2.13. The van der Waals surface area contributed by atoms with E-state index in [-0.39, 0.29) is 11.5 Å². The Hall–Kier alpha value is -3.07. The Labute approximate surface area is 151 Å². The van der Waals surface area contributed by atoms with Crippen LogP contribution in [-0.2, 0) is 11.2 Å². The minimum Gasteiger partial charge on any atom is -0.326 e. The zero-order valence-corrected chi connectivity index (χ0v) is 15.1. The number of aromatic amines is 1. The number of nitrogens with one attached hydrogen (secondary N) is 2. The summed E-state index contributed by atoms with van der Waals surface area (Å²) < 4.78 is 1.68. The number of pyridine rings is 1. The summed E-state index contributed by atoms with van der Waals surface area (Å²) in [4.78, 5) is 27.5. The maximum atomic E-state index is 12.2. The number of H-pyrrole nitrogens is 1. The molecular weight excluding hydrogens is 352 g/mol. The highest BCUT2D eigenvalue weighted by molar-refractivity contribution is 7.16. The van der Waals surface area contributed by atoms with Crippen molar-refractivity contribution in [2.24, 2.45) is 0 Å². The van der Waals surface area contributed by atoms with E-state index in [4.69, 9.17) is 0 Å². The Morgan fingerprint density at radius 1 is 1.27 bits per heavy atom. The van der Waals surface area contributed by atoms with Crippen molar-refractivity contribution in [3.63, 3.8) is 0 Å². The van der Waals surface area contributed by atoms with Gasteiger partial charge in [0, 0.05) is 24.1 Å². The van der Waals surface area contributed by atoms with Crippen LogP contribution in [0.15, 0.2) is 29.1 Å². The third-order valence-corrected chi connectivity index (χ3v) is 5.03. The van der Waals surface area contributed by atoms with Gasteiger partial charge in [0.25, 0.3) is 5.56 Å². The first-order valence-electron chi connectivity index (χ1n) is 8.11. The van der Waals surface area contributed by atoms with Gasteiger partial charge in [-0.2, -0.15) is 9.61 Å². The molecule has 0 fully saturated rings. The fourth-order valence-corrected chi connectivity index (χ4v) is 3.57. The van der Waals surface area contributed by atoms with Gasteiger partial charge in [0.1, 0.15) is 5.01 Å². The first-order valence-corrected chi connectivity index (χ1v) is 8.92. The summed E-state index contributed by atoms with van der Waals surface area (Å²) in [5.41, 5.74) is 1.88. The van der Waals surface area contributed by atoms with Gasteiger partial charge >= 0.3 is 0 Å². The molecule has 0 spiro atoms. The standard InChI is InChI=1S/C17H16N6O2S/c1-9-7-11-3-4-12(8-13(11)19-16(9)25)18-14(24)5-6-15-22-23-10(2)20-21-17(23)26-15/h3-4,7-8H,5-6H2,1-2H3,(H,18,24)(H,19,25). The smallest absolute Gasteiger partial charge is 0.251 e. The van der Waals surface area contributed by atoms with E-state index in [2.05, 4.69) is 25.6 Å². The summed E-state index contributed by atoms with van der Waals surface area (Å²) >= 11 is 1.43. The third-order valence-electron chi connectivity index (χ3n) is 4.07. The number of nitrogens with zero attached hydrogens (tertiary/aromatic N) is 4. The van der Waals surface area contributed by atoms with Crippen molar-refractivity contribution in [2.75, 3.05) is 5.32 Å². The lowest BCUT2D eigenvalue weighted by Gasteiger charge is -2.06. The van der Waals surface area contributed by atoms with E-state index in [9.17, 15) is 9.59 Å². The highest BCUT2D eigenvalue weighted by Gasteiger charge is 2.11. The van der Waals surface area contributed by atoms with Crippen LogP contribution >= 0.6 is 11.3 Å². The number of amides is 1. The number of carbonyl (C=O) groups excluding carboxylic acids is 1. The molecule has 0 aliphatic rings. The minimum absolute atomic E-state index is 0.110. The monoisotopic (exact) mass is 368 g/mol. The maximum Gasteiger partial charge on any atom is 0.251 e. The molecule has 0 saturated heterocycles. The summed E-state index contributed by atoms with van der Waals surface area (Å²) in [7, 11) is 0. The molecule has 26 heavy (non-hydrogen) atoms. The highest BCUT2D eigenvalue weighted by atomic mass is 32.1. The van der Waals surface area contributed by atoms with Crippen LogP contribution in [0.2, 0.25) is 0 Å². The van der Waals surface area contributed by atoms with Crippen LogP contribution in [0.3, 0.4) is 0 Å². The second-order valence-electron chi connectivity index (χ2n) is 6.07. The van der Waals surface area contributed by atoms with E-state index in [0.717, 1.165) is 21.2 Å². The van der Waals surface area contributed by atoms with Crippen molar-refractivity contribution in [3.8, 4) is 0 Å². The van der Waals surface area contributed by atoms with Crippen molar-refractivity contribution in [3.05, 3.63) is 51.0 Å². The van der Waals surface area contributed by atoms with Crippen molar-refractivity contribution in [2.45, 2.75) is 26.7 Å². The van der Waals surface area contributed by atoms with Gasteiger partial charge in [-0.15, -0.1) is 10.2 Å². The van der Waals surface area contributed by atoms with E-state index in [0.29, 0.717) is 29.6 Å². The van der Waals surface area contributed by atoms with E-state index in [1.54, 1.807) is 17.5 Å².